The van der Waals surface area contributed by atoms with Crippen LogP contribution in [0.4, 0.5) is 0 Å². The fraction of sp³-hybridized carbons (Fsp3) is 0.475. The van der Waals surface area contributed by atoms with Crippen molar-refractivity contribution in [1.82, 2.24) is 14.7 Å². The van der Waals surface area contributed by atoms with E-state index in [2.05, 4.69) is 41.1 Å². The van der Waals surface area contributed by atoms with Gasteiger partial charge in [-0.15, -0.1) is 0 Å². The minimum absolute atomic E-state index is 0.153. The van der Waals surface area contributed by atoms with Crippen molar-refractivity contribution in [3.63, 3.8) is 0 Å². The second kappa shape index (κ2) is 16.8. The summed E-state index contributed by atoms with van der Waals surface area (Å²) in [7, 11) is 2.13. The van der Waals surface area contributed by atoms with E-state index < -0.39 is 5.41 Å². The second-order valence-corrected chi connectivity index (χ2v) is 13.5. The van der Waals surface area contributed by atoms with Crippen LogP contribution in [0.25, 0.3) is 0 Å². The first-order valence-electron chi connectivity index (χ1n) is 17.7. The van der Waals surface area contributed by atoms with Crippen LogP contribution in [0.2, 0.25) is 0 Å². The number of fused-ring (bicyclic) bond motifs is 1. The third-order valence-electron chi connectivity index (χ3n) is 10.3. The van der Waals surface area contributed by atoms with E-state index in [1.54, 1.807) is 12.1 Å². The molecule has 7 heteroatoms. The number of amides is 3. The lowest BCUT2D eigenvalue weighted by Gasteiger charge is -2.37. The molecule has 0 aliphatic carbocycles. The maximum absolute atomic E-state index is 13.3. The molecule has 1 atom stereocenters. The maximum atomic E-state index is 13.3. The molecule has 2 aliphatic rings. The van der Waals surface area contributed by atoms with E-state index in [1.165, 1.54) is 56.3 Å². The van der Waals surface area contributed by atoms with Crippen LogP contribution in [0, 0.1) is 5.92 Å². The Bertz CT molecular complexity index is 1390. The third-order valence-corrected chi connectivity index (χ3v) is 10.3. The molecule has 3 aromatic carbocycles. The molecule has 0 saturated carbocycles. The van der Waals surface area contributed by atoms with Gasteiger partial charge in [0.25, 0.3) is 11.8 Å². The predicted molar refractivity (Wildman–Crippen MR) is 188 cm³/mol. The van der Waals surface area contributed by atoms with Crippen molar-refractivity contribution in [1.29, 1.82) is 0 Å². The average molecular weight is 637 g/mol. The van der Waals surface area contributed by atoms with E-state index in [4.69, 9.17) is 5.73 Å². The molecule has 0 spiro atoms. The molecule has 5 rings (SSSR count). The molecule has 0 bridgehead atoms. The summed E-state index contributed by atoms with van der Waals surface area (Å²) in [5.74, 6) is -0.424. The van der Waals surface area contributed by atoms with Gasteiger partial charge >= 0.3 is 0 Å². The minimum Gasteiger partial charge on any atom is -0.369 e. The maximum Gasteiger partial charge on any atom is 0.261 e. The lowest BCUT2D eigenvalue weighted by molar-refractivity contribution is -0.123. The fourth-order valence-corrected chi connectivity index (χ4v) is 7.75. The molecule has 2 N–H and O–H groups in total. The molecule has 0 radical (unpaired) electrons. The van der Waals surface area contributed by atoms with Crippen molar-refractivity contribution in [2.45, 2.75) is 69.6 Å². The van der Waals surface area contributed by atoms with Crippen molar-refractivity contribution in [3.8, 4) is 0 Å². The summed E-state index contributed by atoms with van der Waals surface area (Å²) in [5.41, 5.74) is 8.50. The summed E-state index contributed by atoms with van der Waals surface area (Å²) in [6.07, 6.45) is 11.7. The first-order valence-corrected chi connectivity index (χ1v) is 17.7. The summed E-state index contributed by atoms with van der Waals surface area (Å²) in [6.45, 7) is 5.39. The van der Waals surface area contributed by atoms with E-state index in [9.17, 15) is 14.4 Å². The van der Waals surface area contributed by atoms with Crippen LogP contribution >= 0.6 is 0 Å². The lowest BCUT2D eigenvalue weighted by Crippen LogP contribution is -2.49. The van der Waals surface area contributed by atoms with Crippen molar-refractivity contribution in [2.24, 2.45) is 11.7 Å². The van der Waals surface area contributed by atoms with Gasteiger partial charge in [0.2, 0.25) is 5.91 Å². The smallest absolute Gasteiger partial charge is 0.261 e. The van der Waals surface area contributed by atoms with Crippen LogP contribution in [0.15, 0.2) is 84.9 Å². The number of nitrogens with two attached hydrogens (primary N) is 1. The average Bonchev–Trinajstić information content (AvgIpc) is 3.65. The van der Waals surface area contributed by atoms with Gasteiger partial charge in [-0.1, -0.05) is 111 Å². The second-order valence-electron chi connectivity index (χ2n) is 13.5. The molecule has 2 aliphatic heterocycles. The number of hydrogen-bond acceptors (Lipinski definition) is 5. The molecular formula is C40H52N4O3. The summed E-state index contributed by atoms with van der Waals surface area (Å²) >= 11 is 0. The highest BCUT2D eigenvalue weighted by atomic mass is 16.2. The van der Waals surface area contributed by atoms with E-state index in [0.29, 0.717) is 17.7 Å². The zero-order valence-corrected chi connectivity index (χ0v) is 28.1. The first kappa shape index (κ1) is 34.5. The van der Waals surface area contributed by atoms with Gasteiger partial charge in [0, 0.05) is 13.1 Å². The Morgan fingerprint density at radius 1 is 0.702 bits per heavy atom. The number of imide groups is 1. The quantitative estimate of drug-likeness (QED) is 0.120. The molecule has 1 saturated heterocycles. The molecule has 3 aromatic rings. The Balaban J connectivity index is 0.926. The van der Waals surface area contributed by atoms with Crippen LogP contribution in [0.5, 0.6) is 0 Å². The molecule has 1 unspecified atom stereocenters. The molecule has 3 amide bonds. The van der Waals surface area contributed by atoms with E-state index in [1.807, 2.05) is 48.5 Å². The Morgan fingerprint density at radius 3 is 1.74 bits per heavy atom. The van der Waals surface area contributed by atoms with Gasteiger partial charge in [-0.3, -0.25) is 19.3 Å². The van der Waals surface area contributed by atoms with Gasteiger partial charge in [-0.2, -0.15) is 0 Å². The molecular weight excluding hydrogens is 584 g/mol. The molecule has 7 nitrogen and oxygen atoms in total. The topological polar surface area (TPSA) is 86.9 Å². The number of unbranched alkanes of at least 4 members (excludes halogenated alkanes) is 7. The Morgan fingerprint density at radius 2 is 1.19 bits per heavy atom. The Kier molecular flexibility index (Phi) is 12.4. The third kappa shape index (κ3) is 8.20. The van der Waals surface area contributed by atoms with E-state index in [0.717, 1.165) is 56.7 Å². The lowest BCUT2D eigenvalue weighted by atomic mass is 9.64. The van der Waals surface area contributed by atoms with Gasteiger partial charge in [0.05, 0.1) is 11.1 Å². The van der Waals surface area contributed by atoms with Crippen molar-refractivity contribution >= 4 is 17.7 Å². The number of carbonyl (C=O) groups is 3. The van der Waals surface area contributed by atoms with Crippen molar-refractivity contribution in [2.75, 3.05) is 46.3 Å². The molecule has 250 valence electrons. The van der Waals surface area contributed by atoms with E-state index >= 15 is 0 Å². The highest BCUT2D eigenvalue weighted by Gasteiger charge is 2.49. The molecule has 2 heterocycles. The zero-order valence-electron chi connectivity index (χ0n) is 28.1. The SMILES string of the molecule is CN(CCCCCCCCCCN1CCC(C(C(N)=O)(c2ccccc2)c2ccccc2)C1)CCCN1C(=O)c2ccccc2C1=O. The number of likely N-dealkylation sites (tertiary alicyclic amines) is 1. The number of carbonyl (C=O) groups excluding carboxylic acids is 3. The van der Waals surface area contributed by atoms with Gasteiger partial charge in [-0.25, -0.2) is 0 Å². The Labute approximate surface area is 281 Å². The van der Waals surface area contributed by atoms with Crippen LogP contribution in [0.1, 0.15) is 96.1 Å². The van der Waals surface area contributed by atoms with Crippen LogP contribution in [0.3, 0.4) is 0 Å². The summed E-state index contributed by atoms with van der Waals surface area (Å²) in [6, 6.07) is 27.3. The summed E-state index contributed by atoms with van der Waals surface area (Å²) in [4.78, 5) is 44.6. The molecule has 0 aromatic heterocycles. The normalized spacial score (nSPS) is 16.7. The standard InChI is InChI=1S/C40H52N4O3/c1-42(27-18-29-44-37(45)35-23-14-15-24-36(35)38(44)46)26-16-6-4-2-3-5-7-17-28-43-30-25-34(31-43)40(39(41)47,32-19-10-8-11-20-32)33-21-12-9-13-22-33/h8-15,19-24,34H,2-7,16-18,25-31H2,1H3,(H2,41,47). The van der Waals surface area contributed by atoms with Crippen LogP contribution in [-0.2, 0) is 10.2 Å². The number of benzene rings is 3. The number of rotatable bonds is 19. The predicted octanol–water partition coefficient (Wildman–Crippen LogP) is 6.52. The van der Waals surface area contributed by atoms with Crippen LogP contribution < -0.4 is 5.73 Å². The monoisotopic (exact) mass is 636 g/mol. The highest BCUT2D eigenvalue weighted by Crippen LogP contribution is 2.43. The van der Waals surface area contributed by atoms with Crippen LogP contribution in [-0.4, -0.2) is 78.7 Å². The fourth-order valence-electron chi connectivity index (χ4n) is 7.75. The van der Waals surface area contributed by atoms with Crippen molar-refractivity contribution in [3.05, 3.63) is 107 Å². The van der Waals surface area contributed by atoms with E-state index in [-0.39, 0.29) is 23.6 Å². The summed E-state index contributed by atoms with van der Waals surface area (Å²) < 4.78 is 0. The number of hydrogen-bond donors (Lipinski definition) is 1. The molecule has 47 heavy (non-hydrogen) atoms. The minimum atomic E-state index is -0.812. The molecule has 1 fully saturated rings. The summed E-state index contributed by atoms with van der Waals surface area (Å²) in [5, 5.41) is 0. The largest absolute Gasteiger partial charge is 0.369 e. The number of primary amides is 1. The van der Waals surface area contributed by atoms with Gasteiger partial charge in [-0.05, 0) is 88.1 Å². The highest BCUT2D eigenvalue weighted by molar-refractivity contribution is 6.21. The Hall–Kier alpha value is -3.81. The van der Waals surface area contributed by atoms with Crippen molar-refractivity contribution < 1.29 is 14.4 Å². The van der Waals surface area contributed by atoms with Gasteiger partial charge in [0.1, 0.15) is 5.41 Å². The zero-order chi connectivity index (χ0) is 33.1. The van der Waals surface area contributed by atoms with Gasteiger partial charge in [0.15, 0.2) is 0 Å². The number of nitrogens with zero attached hydrogens (tertiary/aromatic N) is 3. The first-order chi connectivity index (χ1) is 22.9. The van der Waals surface area contributed by atoms with Gasteiger partial charge < -0.3 is 15.5 Å².